The summed E-state index contributed by atoms with van der Waals surface area (Å²) < 4.78 is 51.6. The third kappa shape index (κ3) is 12.2. The van der Waals surface area contributed by atoms with E-state index in [0.717, 1.165) is 103 Å². The van der Waals surface area contributed by atoms with Crippen LogP contribution in [-0.4, -0.2) is 29.4 Å². The fraction of sp³-hybridized carbons (Fsp3) is 0.306. The van der Waals surface area contributed by atoms with Crippen LogP contribution in [0.3, 0.4) is 0 Å². The molecule has 9 unspecified atom stereocenters. The minimum atomic E-state index is -0.878. The summed E-state index contributed by atoms with van der Waals surface area (Å²) in [5.74, 6) is 3.04. The second kappa shape index (κ2) is 27.3. The first-order valence-corrected chi connectivity index (χ1v) is 38.6. The zero-order valence-corrected chi connectivity index (χ0v) is 61.7. The smallest absolute Gasteiger partial charge is 0.126 e. The van der Waals surface area contributed by atoms with Gasteiger partial charge < -0.3 is 24.0 Å². The molecule has 1 saturated heterocycles. The largest absolute Gasteiger partial charge is 0.486 e. The normalized spacial score (nSPS) is 27.1. The van der Waals surface area contributed by atoms with Crippen LogP contribution in [0.4, 0.5) is 14.5 Å². The fourth-order valence-electron chi connectivity index (χ4n) is 18.9. The maximum Gasteiger partial charge on any atom is 0.126 e. The first kappa shape index (κ1) is 68.3. The molecule has 1 fully saturated rings. The van der Waals surface area contributed by atoms with Gasteiger partial charge in [0.2, 0.25) is 0 Å². The molecule has 17 rings (SSSR count). The van der Waals surface area contributed by atoms with Crippen molar-refractivity contribution in [3.63, 3.8) is 0 Å². The van der Waals surface area contributed by atoms with Gasteiger partial charge in [0.25, 0.3) is 0 Å². The van der Waals surface area contributed by atoms with E-state index in [0.29, 0.717) is 38.0 Å². The molecule has 105 heavy (non-hydrogen) atoms. The number of hydrogen-bond acceptors (Lipinski definition) is 5. The highest BCUT2D eigenvalue weighted by Crippen LogP contribution is 2.62. The number of halogens is 2. The van der Waals surface area contributed by atoms with Crippen LogP contribution in [0.25, 0.3) is 17.2 Å². The zero-order chi connectivity index (χ0) is 71.9. The van der Waals surface area contributed by atoms with E-state index in [4.69, 9.17) is 14.2 Å². The number of anilines is 1. The number of allylic oxidation sites excluding steroid dienone is 26. The van der Waals surface area contributed by atoms with Crippen molar-refractivity contribution < 1.29 is 23.0 Å². The minimum absolute atomic E-state index is 0.0239. The molecule has 11 aliphatic carbocycles. The van der Waals surface area contributed by atoms with Gasteiger partial charge in [0.05, 0.1) is 23.0 Å². The van der Waals surface area contributed by atoms with Gasteiger partial charge in [-0.1, -0.05) is 212 Å². The third-order valence-electron chi connectivity index (χ3n) is 24.4. The van der Waals surface area contributed by atoms with E-state index in [1.807, 2.05) is 42.5 Å². The highest BCUT2D eigenvalue weighted by atomic mass is 19.1. The van der Waals surface area contributed by atoms with Crippen LogP contribution in [0.15, 0.2) is 324 Å². The molecule has 0 N–H and O–H groups in total. The average molecular weight is 1390 g/mol. The number of benzene rings is 5. The molecule has 5 nitrogen and oxygen atoms in total. The lowest BCUT2D eigenvalue weighted by molar-refractivity contribution is 0.0866. The predicted octanol–water partition coefficient (Wildman–Crippen LogP) is 24.3. The summed E-state index contributed by atoms with van der Waals surface area (Å²) in [7, 11) is 0. The second-order valence-electron chi connectivity index (χ2n) is 32.6. The molecule has 0 saturated carbocycles. The SMILES string of the molecule is C=Cc1ccc(OC2=CC=C(C3(c4ccc(C(C)(C)C)cc4)C4=C(C=CCC4)c4ccc(N(C5=CC6OC7C=C(N(C8=CC9=C(CC8)c8ccccc8C9(C8=CCC(OC9=CCC(C=C)C=C9)C=C8)c8ccc(C(C)(C)C)cc8)C8=CCC(F)CC8)C=CC7C6C=C5)C5=CC=C(F)CC5)cc43)CC2)cc1. The molecule has 1 heterocycles. The first-order chi connectivity index (χ1) is 51.0. The van der Waals surface area contributed by atoms with Gasteiger partial charge in [-0.2, -0.15) is 0 Å². The lowest BCUT2D eigenvalue weighted by atomic mass is 9.63. The number of ether oxygens (including phenoxy) is 3. The number of hydrogen-bond donors (Lipinski definition) is 0. The molecular weight excluding hydrogens is 1290 g/mol. The highest BCUT2D eigenvalue weighted by Gasteiger charge is 2.52. The number of alkyl halides is 1. The second-order valence-corrected chi connectivity index (χ2v) is 32.6. The van der Waals surface area contributed by atoms with Crippen molar-refractivity contribution in [1.82, 2.24) is 4.90 Å². The number of rotatable bonds is 16. The van der Waals surface area contributed by atoms with Crippen LogP contribution in [0, 0.1) is 17.8 Å². The zero-order valence-electron chi connectivity index (χ0n) is 61.7. The fourth-order valence-corrected chi connectivity index (χ4v) is 18.9. The predicted molar refractivity (Wildman–Crippen MR) is 427 cm³/mol. The Labute approximate surface area is 620 Å². The maximum absolute atomic E-state index is 15.5. The maximum atomic E-state index is 15.5. The summed E-state index contributed by atoms with van der Waals surface area (Å²) in [5, 5.41) is 0. The summed E-state index contributed by atoms with van der Waals surface area (Å²) in [6.07, 6.45) is 56.8. The first-order valence-electron chi connectivity index (χ1n) is 38.6. The van der Waals surface area contributed by atoms with E-state index in [1.165, 1.54) is 83.6 Å². The van der Waals surface area contributed by atoms with Crippen LogP contribution in [-0.2, 0) is 31.1 Å². The molecular formula is C98H96F2N2O3. The summed E-state index contributed by atoms with van der Waals surface area (Å²) in [6, 6.07) is 43.4. The molecule has 0 radical (unpaired) electrons. The molecule has 530 valence electrons. The molecule has 0 aromatic heterocycles. The monoisotopic (exact) mass is 1390 g/mol. The standard InChI is InChI=1S/C98H96F2N2O3/c1-9-63-19-47-79(48-20-63)103-81-51-31-69(32-52-81)97(67-27-23-65(24-28-67)95(3,4)5)89-17-13-11-15-83(89)85-55-43-75(59-91(85)97)101(73-39-35-71(99)36-40-73)77-45-57-87-88-58-46-78(62-94(88)105-93(87)61-77)102(74-41-37-72(100)38-42-74)76-44-56-86-84-16-12-14-18-90(84)98(92(86)60-76,68-29-25-66(26-30-68)96(6,7)8)70-33-53-82(54-34-70)104-80-49-21-64(10-2)22-50-80/h9-13,15-17,19,21-33,37,39,41,44-51,53,56-63,71,81,87-88,93-94H,1-2,14,18,20,34-36,38,40,42-43,52,54-55H2,3-8H3. The Bertz CT molecular complexity index is 4960. The summed E-state index contributed by atoms with van der Waals surface area (Å²) in [4.78, 5) is 4.89. The van der Waals surface area contributed by atoms with E-state index in [9.17, 15) is 0 Å². The van der Waals surface area contributed by atoms with E-state index in [2.05, 4.69) is 265 Å². The molecule has 1 aliphatic heterocycles. The van der Waals surface area contributed by atoms with E-state index < -0.39 is 17.0 Å². The van der Waals surface area contributed by atoms with Gasteiger partial charge in [-0.15, -0.1) is 6.58 Å². The van der Waals surface area contributed by atoms with E-state index in [-0.39, 0.29) is 46.8 Å². The lowest BCUT2D eigenvalue weighted by Gasteiger charge is -2.40. The Morgan fingerprint density at radius 2 is 1.31 bits per heavy atom. The third-order valence-corrected chi connectivity index (χ3v) is 24.4. The van der Waals surface area contributed by atoms with Crippen LogP contribution < -0.4 is 9.64 Å². The Balaban J connectivity index is 0.730. The van der Waals surface area contributed by atoms with Crippen molar-refractivity contribution in [1.29, 1.82) is 0 Å². The molecule has 12 aliphatic rings. The van der Waals surface area contributed by atoms with Crippen LogP contribution in [0.2, 0.25) is 0 Å². The van der Waals surface area contributed by atoms with Crippen molar-refractivity contribution in [3.05, 3.63) is 374 Å². The Kier molecular flexibility index (Phi) is 17.7. The molecule has 7 heteroatoms. The molecule has 5 aromatic carbocycles. The minimum Gasteiger partial charge on any atom is -0.486 e. The van der Waals surface area contributed by atoms with Crippen molar-refractivity contribution in [3.8, 4) is 5.75 Å². The molecule has 0 bridgehead atoms. The Hall–Kier alpha value is -9.82. The Morgan fingerprint density at radius 3 is 1.95 bits per heavy atom. The van der Waals surface area contributed by atoms with Gasteiger partial charge in [-0.05, 0) is 250 Å². The molecule has 9 atom stereocenters. The van der Waals surface area contributed by atoms with Gasteiger partial charge >= 0.3 is 0 Å². The van der Waals surface area contributed by atoms with Gasteiger partial charge in [-0.25, -0.2) is 8.78 Å². The van der Waals surface area contributed by atoms with Crippen molar-refractivity contribution in [2.24, 2.45) is 17.8 Å². The number of fused-ring (bicyclic) bond motifs is 7. The van der Waals surface area contributed by atoms with Crippen LogP contribution >= 0.6 is 0 Å². The highest BCUT2D eigenvalue weighted by molar-refractivity contribution is 5.93. The lowest BCUT2D eigenvalue weighted by Crippen LogP contribution is -2.33. The van der Waals surface area contributed by atoms with E-state index >= 15 is 8.78 Å². The average Bonchev–Trinajstić information content (AvgIpc) is 1.57. The van der Waals surface area contributed by atoms with Gasteiger partial charge in [0.1, 0.15) is 35.4 Å². The van der Waals surface area contributed by atoms with Crippen molar-refractivity contribution in [2.75, 3.05) is 4.90 Å². The summed E-state index contributed by atoms with van der Waals surface area (Å²) in [6.45, 7) is 21.7. The van der Waals surface area contributed by atoms with Gasteiger partial charge in [0, 0.05) is 65.3 Å². The van der Waals surface area contributed by atoms with Crippen molar-refractivity contribution in [2.45, 2.75) is 171 Å². The van der Waals surface area contributed by atoms with E-state index in [1.54, 1.807) is 6.08 Å². The molecule has 0 spiro atoms. The molecule has 0 amide bonds. The van der Waals surface area contributed by atoms with Crippen molar-refractivity contribution >= 4 is 22.9 Å². The Morgan fingerprint density at radius 1 is 0.590 bits per heavy atom. The summed E-state index contributed by atoms with van der Waals surface area (Å²) in [5.41, 5.74) is 24.6. The van der Waals surface area contributed by atoms with Gasteiger partial charge in [0.15, 0.2) is 0 Å². The topological polar surface area (TPSA) is 34.2 Å². The van der Waals surface area contributed by atoms with Crippen LogP contribution in [0.5, 0.6) is 5.75 Å². The van der Waals surface area contributed by atoms with Crippen LogP contribution in [0.1, 0.15) is 175 Å². The quantitative estimate of drug-likeness (QED) is 0.0920. The molecule has 5 aromatic rings. The van der Waals surface area contributed by atoms with Gasteiger partial charge in [-0.3, -0.25) is 0 Å². The number of nitrogens with zero attached hydrogens (tertiary/aromatic N) is 2. The summed E-state index contributed by atoms with van der Waals surface area (Å²) >= 11 is 0.